The van der Waals surface area contributed by atoms with Gasteiger partial charge in [0.05, 0.1) is 13.1 Å². The second-order valence-electron chi connectivity index (χ2n) is 4.66. The van der Waals surface area contributed by atoms with Crippen LogP contribution in [0.3, 0.4) is 0 Å². The first-order valence-corrected chi connectivity index (χ1v) is 6.21. The van der Waals surface area contributed by atoms with E-state index in [1.165, 1.54) is 18.9 Å². The van der Waals surface area contributed by atoms with Crippen molar-refractivity contribution >= 4 is 11.7 Å². The molecule has 0 radical (unpaired) electrons. The molecule has 1 fully saturated rings. The number of hydrazine groups is 1. The van der Waals surface area contributed by atoms with Crippen molar-refractivity contribution in [2.75, 3.05) is 18.1 Å². The minimum atomic E-state index is -0.345. The second kappa shape index (κ2) is 4.53. The van der Waals surface area contributed by atoms with Gasteiger partial charge in [0.15, 0.2) is 11.6 Å². The number of nitrogens with two attached hydrogens (primary N) is 1. The number of aliphatic imine (C=N–C) groups is 1. The van der Waals surface area contributed by atoms with Crippen molar-refractivity contribution in [3.63, 3.8) is 0 Å². The lowest BCUT2D eigenvalue weighted by Gasteiger charge is -2.29. The molecule has 5 nitrogen and oxygen atoms in total. The molecule has 18 heavy (non-hydrogen) atoms. The molecule has 1 aliphatic carbocycles. The maximum Gasteiger partial charge on any atom is 0.183 e. The molecule has 2 aliphatic rings. The number of anilines is 1. The summed E-state index contributed by atoms with van der Waals surface area (Å²) >= 11 is 0. The third-order valence-electron chi connectivity index (χ3n) is 3.19. The summed E-state index contributed by atoms with van der Waals surface area (Å²) in [6.07, 6.45) is 3.95. The highest BCUT2D eigenvalue weighted by atomic mass is 19.1. The van der Waals surface area contributed by atoms with E-state index in [0.29, 0.717) is 36.9 Å². The van der Waals surface area contributed by atoms with Crippen LogP contribution >= 0.6 is 0 Å². The van der Waals surface area contributed by atoms with Gasteiger partial charge in [0.1, 0.15) is 5.84 Å². The second-order valence-corrected chi connectivity index (χ2v) is 4.66. The fraction of sp³-hybridized carbons (Fsp3) is 0.500. The van der Waals surface area contributed by atoms with Gasteiger partial charge in [-0.2, -0.15) is 0 Å². The molecule has 1 saturated carbocycles. The van der Waals surface area contributed by atoms with Gasteiger partial charge in [-0.3, -0.25) is 15.4 Å². The maximum absolute atomic E-state index is 13.9. The van der Waals surface area contributed by atoms with E-state index in [9.17, 15) is 4.39 Å². The Morgan fingerprint density at radius 1 is 1.50 bits per heavy atom. The van der Waals surface area contributed by atoms with Crippen LogP contribution in [0.1, 0.15) is 18.4 Å². The summed E-state index contributed by atoms with van der Waals surface area (Å²) in [6, 6.07) is 1.44. The quantitative estimate of drug-likeness (QED) is 0.832. The molecule has 3 rings (SSSR count). The lowest BCUT2D eigenvalue weighted by Crippen LogP contribution is -2.49. The average molecular weight is 249 g/mol. The third kappa shape index (κ3) is 2.15. The molecule has 0 bridgehead atoms. The SMILES string of the molecule is NCc1cnc(N2CCN=C(C3CC3)N2)c(F)c1. The molecule has 1 aromatic rings. The van der Waals surface area contributed by atoms with Crippen LogP contribution in [0.15, 0.2) is 17.3 Å². The number of nitrogens with one attached hydrogen (secondary N) is 1. The first-order valence-electron chi connectivity index (χ1n) is 6.21. The van der Waals surface area contributed by atoms with Gasteiger partial charge in [-0.05, 0) is 24.5 Å². The summed E-state index contributed by atoms with van der Waals surface area (Å²) < 4.78 is 13.9. The Balaban J connectivity index is 1.80. The molecule has 0 atom stereocenters. The molecule has 3 N–H and O–H groups in total. The summed E-state index contributed by atoms with van der Waals surface area (Å²) in [6.45, 7) is 1.60. The van der Waals surface area contributed by atoms with Crippen molar-refractivity contribution < 1.29 is 4.39 Å². The number of rotatable bonds is 3. The van der Waals surface area contributed by atoms with Gasteiger partial charge in [-0.15, -0.1) is 0 Å². The Hall–Kier alpha value is -1.69. The van der Waals surface area contributed by atoms with E-state index in [2.05, 4.69) is 15.4 Å². The third-order valence-corrected chi connectivity index (χ3v) is 3.19. The van der Waals surface area contributed by atoms with E-state index < -0.39 is 0 Å². The van der Waals surface area contributed by atoms with Crippen LogP contribution in [0.25, 0.3) is 0 Å². The van der Waals surface area contributed by atoms with Gasteiger partial charge in [0, 0.05) is 18.7 Å². The van der Waals surface area contributed by atoms with Crippen molar-refractivity contribution in [3.8, 4) is 0 Å². The molecule has 0 unspecified atom stereocenters. The smallest absolute Gasteiger partial charge is 0.183 e. The predicted molar refractivity (Wildman–Crippen MR) is 67.6 cm³/mol. The summed E-state index contributed by atoms with van der Waals surface area (Å²) in [5, 5.41) is 1.73. The first kappa shape index (κ1) is 11.4. The molecule has 96 valence electrons. The van der Waals surface area contributed by atoms with Crippen molar-refractivity contribution in [1.29, 1.82) is 0 Å². The largest absolute Gasteiger partial charge is 0.326 e. The normalized spacial score (nSPS) is 19.4. The Bertz CT molecular complexity index is 483. The van der Waals surface area contributed by atoms with Crippen LogP contribution in [-0.2, 0) is 6.54 Å². The van der Waals surface area contributed by atoms with Crippen molar-refractivity contribution in [3.05, 3.63) is 23.6 Å². The van der Waals surface area contributed by atoms with Gasteiger partial charge in [-0.1, -0.05) is 0 Å². The van der Waals surface area contributed by atoms with E-state index in [4.69, 9.17) is 5.73 Å². The molecular formula is C12H16FN5. The number of halogens is 1. The summed E-state index contributed by atoms with van der Waals surface area (Å²) in [7, 11) is 0. The fourth-order valence-corrected chi connectivity index (χ4v) is 2.02. The molecule has 6 heteroatoms. The molecule has 1 aromatic heterocycles. The lowest BCUT2D eigenvalue weighted by atomic mass is 10.2. The number of aromatic nitrogens is 1. The molecular weight excluding hydrogens is 233 g/mol. The number of amidine groups is 1. The fourth-order valence-electron chi connectivity index (χ4n) is 2.02. The van der Waals surface area contributed by atoms with E-state index >= 15 is 0 Å². The first-order chi connectivity index (χ1) is 8.78. The van der Waals surface area contributed by atoms with E-state index in [1.54, 1.807) is 11.2 Å². The van der Waals surface area contributed by atoms with Crippen LogP contribution in [0.4, 0.5) is 10.2 Å². The van der Waals surface area contributed by atoms with E-state index in [1.807, 2.05) is 0 Å². The summed E-state index contributed by atoms with van der Waals surface area (Å²) in [5.41, 5.74) is 9.32. The van der Waals surface area contributed by atoms with Gasteiger partial charge in [-0.25, -0.2) is 9.37 Å². The standard InChI is InChI=1S/C12H16FN5/c13-10-5-8(6-14)7-16-12(10)18-4-3-15-11(17-18)9-1-2-9/h5,7,9H,1-4,6,14H2,(H,15,17). The Kier molecular flexibility index (Phi) is 2.87. The zero-order valence-electron chi connectivity index (χ0n) is 10.1. The van der Waals surface area contributed by atoms with Gasteiger partial charge in [0.25, 0.3) is 0 Å². The Morgan fingerprint density at radius 3 is 3.00 bits per heavy atom. The van der Waals surface area contributed by atoms with Crippen LogP contribution in [0.5, 0.6) is 0 Å². The van der Waals surface area contributed by atoms with E-state index in [-0.39, 0.29) is 5.82 Å². The number of hydrogen-bond acceptors (Lipinski definition) is 5. The molecule has 2 heterocycles. The summed E-state index contributed by atoms with van der Waals surface area (Å²) in [4.78, 5) is 8.56. The lowest BCUT2D eigenvalue weighted by molar-refractivity contribution is 0.592. The van der Waals surface area contributed by atoms with Gasteiger partial charge in [0.2, 0.25) is 0 Å². The maximum atomic E-state index is 13.9. The van der Waals surface area contributed by atoms with Crippen LogP contribution in [-0.4, -0.2) is 23.9 Å². The number of hydrogen-bond donors (Lipinski definition) is 2. The topological polar surface area (TPSA) is 66.5 Å². The van der Waals surface area contributed by atoms with Crippen LogP contribution in [0, 0.1) is 11.7 Å². The molecule has 0 saturated heterocycles. The van der Waals surface area contributed by atoms with Gasteiger partial charge < -0.3 is 5.73 Å². The monoisotopic (exact) mass is 249 g/mol. The Morgan fingerprint density at radius 2 is 2.33 bits per heavy atom. The molecule has 0 amide bonds. The van der Waals surface area contributed by atoms with Crippen molar-refractivity contribution in [2.24, 2.45) is 16.6 Å². The highest BCUT2D eigenvalue weighted by molar-refractivity contribution is 5.88. The van der Waals surface area contributed by atoms with Gasteiger partial charge >= 0.3 is 0 Å². The van der Waals surface area contributed by atoms with Crippen LogP contribution < -0.4 is 16.2 Å². The zero-order valence-corrected chi connectivity index (χ0v) is 10.1. The Labute approximate surface area is 105 Å². The highest BCUT2D eigenvalue weighted by Gasteiger charge is 2.31. The van der Waals surface area contributed by atoms with E-state index in [0.717, 1.165) is 5.84 Å². The molecule has 1 aliphatic heterocycles. The number of pyridine rings is 1. The average Bonchev–Trinajstić information content (AvgIpc) is 3.23. The molecule has 0 aromatic carbocycles. The summed E-state index contributed by atoms with van der Waals surface area (Å²) in [5.74, 6) is 1.47. The highest BCUT2D eigenvalue weighted by Crippen LogP contribution is 2.31. The minimum Gasteiger partial charge on any atom is -0.326 e. The zero-order chi connectivity index (χ0) is 12.5. The minimum absolute atomic E-state index is 0.298. The molecule has 0 spiro atoms. The van der Waals surface area contributed by atoms with Crippen LogP contribution in [0.2, 0.25) is 0 Å². The van der Waals surface area contributed by atoms with Crippen molar-refractivity contribution in [1.82, 2.24) is 10.4 Å². The van der Waals surface area contributed by atoms with Crippen molar-refractivity contribution in [2.45, 2.75) is 19.4 Å². The number of nitrogens with zero attached hydrogens (tertiary/aromatic N) is 3. The predicted octanol–water partition coefficient (Wildman–Crippen LogP) is 0.812.